The Hall–Kier alpha value is -4.10. The number of rotatable bonds is 4. The van der Waals surface area contributed by atoms with Gasteiger partial charge in [-0.25, -0.2) is 0 Å². The zero-order chi connectivity index (χ0) is 22.2. The van der Waals surface area contributed by atoms with Gasteiger partial charge in [0.1, 0.15) is 5.75 Å². The van der Waals surface area contributed by atoms with Crippen LogP contribution in [-0.4, -0.2) is 6.61 Å². The maximum Gasteiger partial charge on any atom is 0.127 e. The molecule has 0 radical (unpaired) electrons. The molecule has 6 aromatic rings. The van der Waals surface area contributed by atoms with E-state index in [1.54, 1.807) is 0 Å². The maximum atomic E-state index is 5.96. The summed E-state index contributed by atoms with van der Waals surface area (Å²) in [6.45, 7) is 2.69. The summed E-state index contributed by atoms with van der Waals surface area (Å²) in [4.78, 5) is 0. The molecule has 0 saturated heterocycles. The van der Waals surface area contributed by atoms with Crippen molar-refractivity contribution in [1.29, 1.82) is 0 Å². The second-order valence-corrected chi connectivity index (χ2v) is 8.30. The van der Waals surface area contributed by atoms with Crippen molar-refractivity contribution in [2.24, 2.45) is 0 Å². The first-order valence-electron chi connectivity index (χ1n) is 11.5. The molecule has 6 rings (SSSR count). The highest BCUT2D eigenvalue weighted by molar-refractivity contribution is 6.23. The minimum Gasteiger partial charge on any atom is -0.493 e. The maximum absolute atomic E-state index is 5.96. The normalized spacial score (nSPS) is 11.3. The van der Waals surface area contributed by atoms with Crippen LogP contribution in [0.15, 0.2) is 115 Å². The van der Waals surface area contributed by atoms with E-state index >= 15 is 0 Å². The largest absolute Gasteiger partial charge is 0.493 e. The molecule has 0 amide bonds. The van der Waals surface area contributed by atoms with Crippen LogP contribution in [0.2, 0.25) is 0 Å². The Morgan fingerprint density at radius 2 is 0.939 bits per heavy atom. The number of hydrogen-bond acceptors (Lipinski definition) is 1. The third-order valence-electron chi connectivity index (χ3n) is 6.45. The van der Waals surface area contributed by atoms with Crippen molar-refractivity contribution in [3.05, 3.63) is 115 Å². The van der Waals surface area contributed by atoms with Crippen LogP contribution in [0.4, 0.5) is 0 Å². The molecule has 0 N–H and O–H groups in total. The van der Waals surface area contributed by atoms with E-state index in [0.717, 1.165) is 11.1 Å². The SMILES string of the molecule is CCOc1ccc(-c2c3ccccc3c(-c3ccccc3)c3ccccc23)c2ccccc12. The molecule has 0 atom stereocenters. The van der Waals surface area contributed by atoms with Gasteiger partial charge < -0.3 is 4.74 Å². The van der Waals surface area contributed by atoms with Crippen molar-refractivity contribution in [2.75, 3.05) is 6.61 Å². The minimum atomic E-state index is 0.654. The molecule has 0 spiro atoms. The van der Waals surface area contributed by atoms with E-state index in [9.17, 15) is 0 Å². The predicted octanol–water partition coefficient (Wildman–Crippen LogP) is 8.88. The molecule has 0 aliphatic heterocycles. The zero-order valence-corrected chi connectivity index (χ0v) is 18.6. The van der Waals surface area contributed by atoms with Crippen LogP contribution in [0.5, 0.6) is 5.75 Å². The van der Waals surface area contributed by atoms with Crippen molar-refractivity contribution >= 4 is 32.3 Å². The van der Waals surface area contributed by atoms with Gasteiger partial charge in [0.2, 0.25) is 0 Å². The fourth-order valence-electron chi connectivity index (χ4n) is 5.11. The van der Waals surface area contributed by atoms with Gasteiger partial charge in [0.05, 0.1) is 6.61 Å². The molecule has 1 heteroatoms. The van der Waals surface area contributed by atoms with Crippen molar-refractivity contribution in [1.82, 2.24) is 0 Å². The summed E-state index contributed by atoms with van der Waals surface area (Å²) in [5.41, 5.74) is 5.05. The lowest BCUT2D eigenvalue weighted by molar-refractivity contribution is 0.344. The van der Waals surface area contributed by atoms with Gasteiger partial charge >= 0.3 is 0 Å². The van der Waals surface area contributed by atoms with Crippen molar-refractivity contribution in [2.45, 2.75) is 6.92 Å². The highest BCUT2D eigenvalue weighted by Gasteiger charge is 2.18. The monoisotopic (exact) mass is 424 g/mol. The first kappa shape index (κ1) is 19.6. The quantitative estimate of drug-likeness (QED) is 0.257. The van der Waals surface area contributed by atoms with Gasteiger partial charge in [-0.05, 0) is 62.2 Å². The van der Waals surface area contributed by atoms with E-state index in [1.165, 1.54) is 49.2 Å². The Kier molecular flexibility index (Phi) is 4.81. The molecular formula is C32H24O. The molecule has 0 aliphatic rings. The molecule has 0 heterocycles. The second kappa shape index (κ2) is 8.11. The van der Waals surface area contributed by atoms with Gasteiger partial charge in [0.15, 0.2) is 0 Å². The molecule has 0 aromatic heterocycles. The van der Waals surface area contributed by atoms with E-state index in [2.05, 4.69) is 115 Å². The molecule has 0 bridgehead atoms. The molecule has 6 aromatic carbocycles. The lowest BCUT2D eigenvalue weighted by atomic mass is 9.84. The van der Waals surface area contributed by atoms with Crippen LogP contribution in [0.25, 0.3) is 54.6 Å². The van der Waals surface area contributed by atoms with Crippen LogP contribution in [0, 0.1) is 0 Å². The molecule has 158 valence electrons. The zero-order valence-electron chi connectivity index (χ0n) is 18.6. The average molecular weight is 425 g/mol. The van der Waals surface area contributed by atoms with Crippen molar-refractivity contribution in [3.8, 4) is 28.0 Å². The van der Waals surface area contributed by atoms with Gasteiger partial charge in [-0.1, -0.05) is 109 Å². The minimum absolute atomic E-state index is 0.654. The summed E-state index contributed by atoms with van der Waals surface area (Å²) in [7, 11) is 0. The fourth-order valence-corrected chi connectivity index (χ4v) is 5.11. The van der Waals surface area contributed by atoms with Crippen LogP contribution >= 0.6 is 0 Å². The molecular weight excluding hydrogens is 400 g/mol. The Morgan fingerprint density at radius 3 is 1.52 bits per heavy atom. The van der Waals surface area contributed by atoms with Crippen molar-refractivity contribution in [3.63, 3.8) is 0 Å². The predicted molar refractivity (Wildman–Crippen MR) is 141 cm³/mol. The molecule has 0 aliphatic carbocycles. The Morgan fingerprint density at radius 1 is 0.455 bits per heavy atom. The van der Waals surface area contributed by atoms with Gasteiger partial charge in [0, 0.05) is 5.39 Å². The Bertz CT molecular complexity index is 1560. The van der Waals surface area contributed by atoms with Gasteiger partial charge in [-0.2, -0.15) is 0 Å². The molecule has 0 unspecified atom stereocenters. The first-order chi connectivity index (χ1) is 16.4. The summed E-state index contributed by atoms with van der Waals surface area (Å²) < 4.78 is 5.96. The number of hydrogen-bond donors (Lipinski definition) is 0. The van der Waals surface area contributed by atoms with E-state index in [1.807, 2.05) is 6.92 Å². The lowest BCUT2D eigenvalue weighted by Gasteiger charge is -2.19. The second-order valence-electron chi connectivity index (χ2n) is 8.30. The molecule has 0 fully saturated rings. The van der Waals surface area contributed by atoms with E-state index in [4.69, 9.17) is 4.74 Å². The number of fused-ring (bicyclic) bond motifs is 3. The summed E-state index contributed by atoms with van der Waals surface area (Å²) in [6.07, 6.45) is 0. The van der Waals surface area contributed by atoms with E-state index in [0.29, 0.717) is 6.61 Å². The summed E-state index contributed by atoms with van der Waals surface area (Å²) >= 11 is 0. The summed E-state index contributed by atoms with van der Waals surface area (Å²) in [5, 5.41) is 7.45. The Balaban J connectivity index is 1.79. The highest BCUT2D eigenvalue weighted by Crippen LogP contribution is 2.46. The third kappa shape index (κ3) is 3.16. The average Bonchev–Trinajstić information content (AvgIpc) is 2.88. The molecule has 0 saturated carbocycles. The fraction of sp³-hybridized carbons (Fsp3) is 0.0625. The lowest BCUT2D eigenvalue weighted by Crippen LogP contribution is -1.95. The molecule has 33 heavy (non-hydrogen) atoms. The summed E-state index contributed by atoms with van der Waals surface area (Å²) in [5.74, 6) is 0.936. The standard InChI is InChI=1S/C32H24O/c1-2-33-30-21-20-29(23-14-6-7-15-24(23)30)32-27-18-10-8-16-25(27)31(22-12-4-3-5-13-22)26-17-9-11-19-28(26)32/h3-21H,2H2,1H3. The van der Waals surface area contributed by atoms with Gasteiger partial charge in [-0.15, -0.1) is 0 Å². The van der Waals surface area contributed by atoms with E-state index in [-0.39, 0.29) is 0 Å². The first-order valence-corrected chi connectivity index (χ1v) is 11.5. The van der Waals surface area contributed by atoms with Crippen LogP contribution < -0.4 is 4.74 Å². The van der Waals surface area contributed by atoms with Crippen molar-refractivity contribution < 1.29 is 4.74 Å². The molecule has 1 nitrogen and oxygen atoms in total. The van der Waals surface area contributed by atoms with Gasteiger partial charge in [-0.3, -0.25) is 0 Å². The topological polar surface area (TPSA) is 9.23 Å². The number of benzene rings is 6. The highest BCUT2D eigenvalue weighted by atomic mass is 16.5. The van der Waals surface area contributed by atoms with Crippen LogP contribution in [0.1, 0.15) is 6.92 Å². The third-order valence-corrected chi connectivity index (χ3v) is 6.45. The summed E-state index contributed by atoms with van der Waals surface area (Å²) in [6, 6.07) is 41.2. The van der Waals surface area contributed by atoms with Crippen LogP contribution in [-0.2, 0) is 0 Å². The van der Waals surface area contributed by atoms with Crippen LogP contribution in [0.3, 0.4) is 0 Å². The van der Waals surface area contributed by atoms with E-state index < -0.39 is 0 Å². The van der Waals surface area contributed by atoms with Gasteiger partial charge in [0.25, 0.3) is 0 Å². The number of ether oxygens (including phenoxy) is 1. The Labute approximate surface area is 193 Å². The smallest absolute Gasteiger partial charge is 0.127 e.